The number of halogens is 2. The summed E-state index contributed by atoms with van der Waals surface area (Å²) in [6.45, 7) is 5.72. The number of benzene rings is 1. The Morgan fingerprint density at radius 2 is 2.17 bits per heavy atom. The molecule has 0 saturated carbocycles. The molecular formula is C16H19ClFN3O2. The van der Waals surface area contributed by atoms with Crippen molar-refractivity contribution in [3.05, 3.63) is 52.1 Å². The number of nitrogens with zero attached hydrogens (tertiary/aromatic N) is 2. The average molecular weight is 340 g/mol. The van der Waals surface area contributed by atoms with Crippen LogP contribution in [0, 0.1) is 12.7 Å². The number of rotatable bonds is 5. The van der Waals surface area contributed by atoms with Gasteiger partial charge < -0.3 is 10.4 Å². The number of aromatic nitrogens is 2. The van der Waals surface area contributed by atoms with Gasteiger partial charge in [0.1, 0.15) is 5.82 Å². The summed E-state index contributed by atoms with van der Waals surface area (Å²) in [5.74, 6) is -0.938. The van der Waals surface area contributed by atoms with Crippen LogP contribution in [-0.2, 0) is 0 Å². The van der Waals surface area contributed by atoms with E-state index < -0.39 is 11.9 Å². The van der Waals surface area contributed by atoms with E-state index in [1.54, 1.807) is 4.68 Å². The third-order valence-corrected chi connectivity index (χ3v) is 3.87. The SMILES string of the molecule is Cc1c(C(=O)NCC(O)c2ccc(Cl)c(F)c2)cnn1C(C)C. The van der Waals surface area contributed by atoms with Crippen LogP contribution in [0.4, 0.5) is 4.39 Å². The first-order chi connectivity index (χ1) is 10.8. The van der Waals surface area contributed by atoms with E-state index in [4.69, 9.17) is 11.6 Å². The van der Waals surface area contributed by atoms with Gasteiger partial charge >= 0.3 is 0 Å². The first kappa shape index (κ1) is 17.4. The van der Waals surface area contributed by atoms with Gasteiger partial charge in [0.15, 0.2) is 0 Å². The molecule has 0 aliphatic heterocycles. The van der Waals surface area contributed by atoms with Crippen molar-refractivity contribution in [2.45, 2.75) is 32.9 Å². The highest BCUT2D eigenvalue weighted by Gasteiger charge is 2.17. The molecule has 1 heterocycles. The molecule has 5 nitrogen and oxygen atoms in total. The number of amides is 1. The van der Waals surface area contributed by atoms with Gasteiger partial charge in [0.05, 0.1) is 22.9 Å². The molecular weight excluding hydrogens is 321 g/mol. The average Bonchev–Trinajstić information content (AvgIpc) is 2.89. The van der Waals surface area contributed by atoms with Crippen molar-refractivity contribution in [3.8, 4) is 0 Å². The standard InChI is InChI=1S/C16H19ClFN3O2/c1-9(2)21-10(3)12(7-20-21)16(23)19-8-15(22)11-4-5-13(17)14(18)6-11/h4-7,9,15,22H,8H2,1-3H3,(H,19,23). The van der Waals surface area contributed by atoms with Gasteiger partial charge in [-0.05, 0) is 38.5 Å². The minimum Gasteiger partial charge on any atom is -0.387 e. The van der Waals surface area contributed by atoms with E-state index in [1.807, 2.05) is 20.8 Å². The Morgan fingerprint density at radius 3 is 2.74 bits per heavy atom. The van der Waals surface area contributed by atoms with Crippen LogP contribution >= 0.6 is 11.6 Å². The molecule has 0 bridgehead atoms. The fourth-order valence-electron chi connectivity index (χ4n) is 2.29. The predicted molar refractivity (Wildman–Crippen MR) is 86.1 cm³/mol. The molecule has 2 N–H and O–H groups in total. The summed E-state index contributed by atoms with van der Waals surface area (Å²) < 4.78 is 15.1. The maximum absolute atomic E-state index is 13.4. The minimum absolute atomic E-state index is 0.0123. The van der Waals surface area contributed by atoms with Crippen molar-refractivity contribution in [2.24, 2.45) is 0 Å². The Bertz CT molecular complexity index is 715. The van der Waals surface area contributed by atoms with Crippen molar-refractivity contribution < 1.29 is 14.3 Å². The fourth-order valence-corrected chi connectivity index (χ4v) is 2.41. The Balaban J connectivity index is 2.02. The smallest absolute Gasteiger partial charge is 0.254 e. The molecule has 0 aliphatic carbocycles. The normalized spacial score (nSPS) is 12.5. The summed E-state index contributed by atoms with van der Waals surface area (Å²) in [5.41, 5.74) is 1.56. The number of carbonyl (C=O) groups is 1. The van der Waals surface area contributed by atoms with Crippen LogP contribution in [0.25, 0.3) is 0 Å². The van der Waals surface area contributed by atoms with Crippen LogP contribution in [0.5, 0.6) is 0 Å². The highest BCUT2D eigenvalue weighted by atomic mass is 35.5. The van der Waals surface area contributed by atoms with Gasteiger partial charge in [0.2, 0.25) is 0 Å². The lowest BCUT2D eigenvalue weighted by Gasteiger charge is -2.13. The van der Waals surface area contributed by atoms with Gasteiger partial charge in [-0.2, -0.15) is 5.10 Å². The lowest BCUT2D eigenvalue weighted by molar-refractivity contribution is 0.0915. The van der Waals surface area contributed by atoms with Crippen LogP contribution in [0.3, 0.4) is 0 Å². The van der Waals surface area contributed by atoms with Crippen molar-refractivity contribution in [3.63, 3.8) is 0 Å². The molecule has 0 aliphatic rings. The second kappa shape index (κ2) is 7.10. The number of carbonyl (C=O) groups excluding carboxylic acids is 1. The lowest BCUT2D eigenvalue weighted by Crippen LogP contribution is -2.28. The molecule has 1 atom stereocenters. The summed E-state index contributed by atoms with van der Waals surface area (Å²) in [7, 11) is 0. The molecule has 0 saturated heterocycles. The van der Waals surface area contributed by atoms with E-state index in [2.05, 4.69) is 10.4 Å². The second-order valence-corrected chi connectivity index (χ2v) is 5.99. The van der Waals surface area contributed by atoms with E-state index in [0.717, 1.165) is 11.8 Å². The predicted octanol–water partition coefficient (Wildman–Crippen LogP) is 3.03. The Morgan fingerprint density at radius 1 is 1.48 bits per heavy atom. The van der Waals surface area contributed by atoms with Crippen LogP contribution in [0.1, 0.15) is 47.6 Å². The Hall–Kier alpha value is -1.92. The third-order valence-electron chi connectivity index (χ3n) is 3.56. The lowest BCUT2D eigenvalue weighted by atomic mass is 10.1. The molecule has 0 radical (unpaired) electrons. The topological polar surface area (TPSA) is 67.2 Å². The number of aliphatic hydroxyl groups excluding tert-OH is 1. The molecule has 2 rings (SSSR count). The molecule has 2 aromatic rings. The molecule has 0 fully saturated rings. The van der Waals surface area contributed by atoms with Gasteiger partial charge in [0.25, 0.3) is 5.91 Å². The third kappa shape index (κ3) is 3.89. The fraction of sp³-hybridized carbons (Fsp3) is 0.375. The molecule has 0 spiro atoms. The van der Waals surface area contributed by atoms with E-state index in [0.29, 0.717) is 11.1 Å². The Kier molecular flexibility index (Phi) is 5.38. The zero-order chi connectivity index (χ0) is 17.1. The summed E-state index contributed by atoms with van der Waals surface area (Å²) in [4.78, 5) is 12.2. The van der Waals surface area contributed by atoms with Gasteiger partial charge in [-0.1, -0.05) is 17.7 Å². The summed E-state index contributed by atoms with van der Waals surface area (Å²) in [5, 5.41) is 16.8. The van der Waals surface area contributed by atoms with E-state index in [-0.39, 0.29) is 23.5 Å². The van der Waals surface area contributed by atoms with Crippen LogP contribution in [0.15, 0.2) is 24.4 Å². The van der Waals surface area contributed by atoms with E-state index in [9.17, 15) is 14.3 Å². The van der Waals surface area contributed by atoms with Gasteiger partial charge in [-0.3, -0.25) is 9.48 Å². The molecule has 1 amide bonds. The van der Waals surface area contributed by atoms with Gasteiger partial charge in [-0.25, -0.2) is 4.39 Å². The van der Waals surface area contributed by atoms with Gasteiger partial charge in [0, 0.05) is 18.3 Å². The number of hydrogen-bond donors (Lipinski definition) is 2. The van der Waals surface area contributed by atoms with Crippen LogP contribution in [0.2, 0.25) is 5.02 Å². The molecule has 124 valence electrons. The molecule has 1 aromatic heterocycles. The van der Waals surface area contributed by atoms with E-state index >= 15 is 0 Å². The summed E-state index contributed by atoms with van der Waals surface area (Å²) in [6.07, 6.45) is 0.477. The molecule has 1 aromatic carbocycles. The van der Waals surface area contributed by atoms with Crippen molar-refractivity contribution in [1.29, 1.82) is 0 Å². The first-order valence-electron chi connectivity index (χ1n) is 7.26. The zero-order valence-electron chi connectivity index (χ0n) is 13.2. The zero-order valence-corrected chi connectivity index (χ0v) is 13.9. The maximum Gasteiger partial charge on any atom is 0.254 e. The summed E-state index contributed by atoms with van der Waals surface area (Å²) in [6, 6.07) is 4.19. The highest BCUT2D eigenvalue weighted by molar-refractivity contribution is 6.30. The quantitative estimate of drug-likeness (QED) is 0.880. The summed E-state index contributed by atoms with van der Waals surface area (Å²) >= 11 is 5.60. The molecule has 7 heteroatoms. The molecule has 23 heavy (non-hydrogen) atoms. The maximum atomic E-state index is 13.4. The first-order valence-corrected chi connectivity index (χ1v) is 7.64. The Labute approximate surface area is 139 Å². The number of hydrogen-bond acceptors (Lipinski definition) is 3. The van der Waals surface area contributed by atoms with Crippen LogP contribution in [-0.4, -0.2) is 27.3 Å². The van der Waals surface area contributed by atoms with Crippen molar-refractivity contribution in [1.82, 2.24) is 15.1 Å². The van der Waals surface area contributed by atoms with Crippen LogP contribution < -0.4 is 5.32 Å². The largest absolute Gasteiger partial charge is 0.387 e. The minimum atomic E-state index is -1.02. The monoisotopic (exact) mass is 339 g/mol. The molecule has 1 unspecified atom stereocenters. The second-order valence-electron chi connectivity index (χ2n) is 5.58. The van der Waals surface area contributed by atoms with Gasteiger partial charge in [-0.15, -0.1) is 0 Å². The number of nitrogens with one attached hydrogen (secondary N) is 1. The van der Waals surface area contributed by atoms with Crippen molar-refractivity contribution in [2.75, 3.05) is 6.54 Å². The van der Waals surface area contributed by atoms with E-state index in [1.165, 1.54) is 18.3 Å². The van der Waals surface area contributed by atoms with Crippen molar-refractivity contribution >= 4 is 17.5 Å². The highest BCUT2D eigenvalue weighted by Crippen LogP contribution is 2.20. The number of aliphatic hydroxyl groups is 1.